The topological polar surface area (TPSA) is 87.7 Å². The molecule has 0 aliphatic carbocycles. The van der Waals surface area contributed by atoms with Gasteiger partial charge >= 0.3 is 0 Å². The Morgan fingerprint density at radius 3 is 2.42 bits per heavy atom. The molecular weight excluding hydrogens is 438 g/mol. The standard InChI is InChI=1S/C25H35N3O4S/c1-4-32-23-12-11-22(17-24(23)33(30,31)28-15-5-6-16-28)27-18-25(29)26-14-13-20-7-9-21(10-8-20)19(2)3/h7-12,17,19,27H,4-6,13-16,18H2,1-3H3,(H,26,29). The molecule has 180 valence electrons. The van der Waals surface area contributed by atoms with E-state index in [4.69, 9.17) is 4.74 Å². The lowest BCUT2D eigenvalue weighted by Crippen LogP contribution is -2.31. The van der Waals surface area contributed by atoms with Gasteiger partial charge < -0.3 is 15.4 Å². The monoisotopic (exact) mass is 473 g/mol. The number of nitrogens with one attached hydrogen (secondary N) is 2. The molecule has 1 saturated heterocycles. The minimum absolute atomic E-state index is 0.0590. The summed E-state index contributed by atoms with van der Waals surface area (Å²) in [7, 11) is -3.64. The zero-order chi connectivity index (χ0) is 23.8. The number of benzene rings is 2. The van der Waals surface area contributed by atoms with E-state index in [0.717, 1.165) is 19.3 Å². The molecule has 1 heterocycles. The second-order valence-electron chi connectivity index (χ2n) is 8.56. The zero-order valence-electron chi connectivity index (χ0n) is 19.8. The van der Waals surface area contributed by atoms with E-state index in [1.807, 2.05) is 6.92 Å². The predicted octanol–water partition coefficient (Wildman–Crippen LogP) is 3.76. The van der Waals surface area contributed by atoms with Crippen molar-refractivity contribution in [3.8, 4) is 5.75 Å². The Morgan fingerprint density at radius 2 is 1.79 bits per heavy atom. The summed E-state index contributed by atoms with van der Waals surface area (Å²) in [5.74, 6) is 0.688. The lowest BCUT2D eigenvalue weighted by Gasteiger charge is -2.19. The number of hydrogen-bond donors (Lipinski definition) is 2. The molecule has 0 bridgehead atoms. The maximum absolute atomic E-state index is 13.1. The first-order valence-corrected chi connectivity index (χ1v) is 13.1. The first-order valence-electron chi connectivity index (χ1n) is 11.7. The number of amides is 1. The van der Waals surface area contributed by atoms with E-state index < -0.39 is 10.0 Å². The molecule has 8 heteroatoms. The Balaban J connectivity index is 1.56. The maximum Gasteiger partial charge on any atom is 0.246 e. The first kappa shape index (κ1) is 25.1. The Morgan fingerprint density at radius 1 is 1.09 bits per heavy atom. The molecule has 0 atom stereocenters. The van der Waals surface area contributed by atoms with Crippen LogP contribution in [0.1, 0.15) is 50.7 Å². The number of sulfonamides is 1. The van der Waals surface area contributed by atoms with Crippen molar-refractivity contribution in [1.82, 2.24) is 9.62 Å². The minimum Gasteiger partial charge on any atom is -0.492 e. The fourth-order valence-electron chi connectivity index (χ4n) is 3.82. The lowest BCUT2D eigenvalue weighted by molar-refractivity contribution is -0.119. The molecule has 0 aromatic heterocycles. The Kier molecular flexibility index (Phi) is 8.74. The largest absolute Gasteiger partial charge is 0.492 e. The number of hydrogen-bond acceptors (Lipinski definition) is 5. The number of nitrogens with zero attached hydrogens (tertiary/aromatic N) is 1. The van der Waals surface area contributed by atoms with Crippen LogP contribution in [-0.4, -0.2) is 51.4 Å². The third kappa shape index (κ3) is 6.71. The number of anilines is 1. The number of carbonyl (C=O) groups is 1. The quantitative estimate of drug-likeness (QED) is 0.519. The fourth-order valence-corrected chi connectivity index (χ4v) is 5.50. The third-order valence-corrected chi connectivity index (χ3v) is 7.68. The Labute approximate surface area is 197 Å². The normalized spacial score (nSPS) is 14.4. The predicted molar refractivity (Wildman–Crippen MR) is 131 cm³/mol. The van der Waals surface area contributed by atoms with Gasteiger partial charge in [-0.05, 0) is 61.4 Å². The van der Waals surface area contributed by atoms with Gasteiger partial charge in [-0.25, -0.2) is 8.42 Å². The average molecular weight is 474 g/mol. The molecule has 1 aliphatic heterocycles. The van der Waals surface area contributed by atoms with Gasteiger partial charge in [-0.3, -0.25) is 4.79 Å². The van der Waals surface area contributed by atoms with Crippen LogP contribution < -0.4 is 15.4 Å². The molecule has 1 amide bonds. The molecule has 0 radical (unpaired) electrons. The second kappa shape index (κ2) is 11.5. The number of rotatable bonds is 11. The molecule has 7 nitrogen and oxygen atoms in total. The molecule has 0 spiro atoms. The van der Waals surface area contributed by atoms with E-state index in [0.29, 0.717) is 43.6 Å². The van der Waals surface area contributed by atoms with Crippen molar-refractivity contribution in [2.75, 3.05) is 38.1 Å². The summed E-state index contributed by atoms with van der Waals surface area (Å²) in [6, 6.07) is 13.4. The van der Waals surface area contributed by atoms with Crippen LogP contribution in [0.2, 0.25) is 0 Å². The highest BCUT2D eigenvalue weighted by atomic mass is 32.2. The van der Waals surface area contributed by atoms with E-state index in [1.165, 1.54) is 15.4 Å². The van der Waals surface area contributed by atoms with Gasteiger partial charge in [0.25, 0.3) is 0 Å². The average Bonchev–Trinajstić information content (AvgIpc) is 3.35. The summed E-state index contributed by atoms with van der Waals surface area (Å²) >= 11 is 0. The van der Waals surface area contributed by atoms with E-state index in [1.54, 1.807) is 18.2 Å². The number of carbonyl (C=O) groups excluding carboxylic acids is 1. The molecular formula is C25H35N3O4S. The summed E-state index contributed by atoms with van der Waals surface area (Å²) in [5.41, 5.74) is 3.04. The van der Waals surface area contributed by atoms with E-state index >= 15 is 0 Å². The van der Waals surface area contributed by atoms with Crippen LogP contribution in [0.3, 0.4) is 0 Å². The van der Waals surface area contributed by atoms with E-state index in [2.05, 4.69) is 48.7 Å². The summed E-state index contributed by atoms with van der Waals surface area (Å²) in [5, 5.41) is 5.94. The zero-order valence-corrected chi connectivity index (χ0v) is 20.6. The molecule has 2 N–H and O–H groups in total. The molecule has 3 rings (SSSR count). The van der Waals surface area contributed by atoms with Gasteiger partial charge in [-0.15, -0.1) is 0 Å². The highest BCUT2D eigenvalue weighted by Crippen LogP contribution is 2.31. The lowest BCUT2D eigenvalue weighted by atomic mass is 10.0. The van der Waals surface area contributed by atoms with Crippen molar-refractivity contribution in [3.05, 3.63) is 53.6 Å². The smallest absolute Gasteiger partial charge is 0.246 e. The molecule has 33 heavy (non-hydrogen) atoms. The van der Waals surface area contributed by atoms with Crippen LogP contribution in [0.25, 0.3) is 0 Å². The highest BCUT2D eigenvalue weighted by Gasteiger charge is 2.30. The molecule has 0 saturated carbocycles. The Hall–Kier alpha value is -2.58. The molecule has 1 aliphatic rings. The first-order chi connectivity index (χ1) is 15.8. The summed E-state index contributed by atoms with van der Waals surface area (Å²) in [6.07, 6.45) is 2.48. The van der Waals surface area contributed by atoms with Crippen molar-refractivity contribution in [2.45, 2.75) is 50.8 Å². The fraction of sp³-hybridized carbons (Fsp3) is 0.480. The van der Waals surface area contributed by atoms with Crippen molar-refractivity contribution in [3.63, 3.8) is 0 Å². The van der Waals surface area contributed by atoms with Crippen LogP contribution in [0.15, 0.2) is 47.4 Å². The van der Waals surface area contributed by atoms with Gasteiger partial charge in [-0.2, -0.15) is 4.31 Å². The van der Waals surface area contributed by atoms with Crippen molar-refractivity contribution >= 4 is 21.6 Å². The minimum atomic E-state index is -3.64. The van der Waals surface area contributed by atoms with Gasteiger partial charge in [0.05, 0.1) is 13.2 Å². The maximum atomic E-state index is 13.1. The van der Waals surface area contributed by atoms with Gasteiger partial charge in [0.15, 0.2) is 0 Å². The van der Waals surface area contributed by atoms with Crippen LogP contribution in [0, 0.1) is 0 Å². The summed E-state index contributed by atoms with van der Waals surface area (Å²) in [4.78, 5) is 12.4. The third-order valence-electron chi connectivity index (χ3n) is 5.76. The van der Waals surface area contributed by atoms with Gasteiger partial charge in [0.2, 0.25) is 15.9 Å². The summed E-state index contributed by atoms with van der Waals surface area (Å²) in [6.45, 7) is 8.17. The van der Waals surface area contributed by atoms with Crippen LogP contribution >= 0.6 is 0 Å². The molecule has 0 unspecified atom stereocenters. The number of ether oxygens (including phenoxy) is 1. The van der Waals surface area contributed by atoms with Crippen LogP contribution in [-0.2, 0) is 21.2 Å². The molecule has 2 aromatic carbocycles. The van der Waals surface area contributed by atoms with Gasteiger partial charge in [0.1, 0.15) is 10.6 Å². The van der Waals surface area contributed by atoms with E-state index in [9.17, 15) is 13.2 Å². The van der Waals surface area contributed by atoms with Crippen molar-refractivity contribution in [1.29, 1.82) is 0 Å². The van der Waals surface area contributed by atoms with Gasteiger partial charge in [-0.1, -0.05) is 38.1 Å². The van der Waals surface area contributed by atoms with Crippen molar-refractivity contribution < 1.29 is 17.9 Å². The SMILES string of the molecule is CCOc1ccc(NCC(=O)NCCc2ccc(C(C)C)cc2)cc1S(=O)(=O)N1CCCC1. The highest BCUT2D eigenvalue weighted by molar-refractivity contribution is 7.89. The van der Waals surface area contributed by atoms with Crippen LogP contribution in [0.5, 0.6) is 5.75 Å². The summed E-state index contributed by atoms with van der Waals surface area (Å²) < 4.78 is 33.2. The molecule has 1 fully saturated rings. The second-order valence-corrected chi connectivity index (χ2v) is 10.5. The van der Waals surface area contributed by atoms with Crippen molar-refractivity contribution in [2.24, 2.45) is 0 Å². The Bertz CT molecular complexity index is 1030. The molecule has 2 aromatic rings. The van der Waals surface area contributed by atoms with E-state index in [-0.39, 0.29) is 17.3 Å². The van der Waals surface area contributed by atoms with Crippen LogP contribution in [0.4, 0.5) is 5.69 Å². The van der Waals surface area contributed by atoms with Gasteiger partial charge in [0, 0.05) is 25.3 Å².